The van der Waals surface area contributed by atoms with Crippen LogP contribution in [0.25, 0.3) is 0 Å². The standard InChI is InChI=1S/C22H28N4O5S3/c1-3-31-22(28)25-11-10-16-18(14-25)33-21(23-16)24-20(27)15-8-12-26(13-9-15)34(29,30)19-7-5-4-6-17(19)32-2/h4-7,15H,3,8-14H2,1-2H3,(H,23,24,27). The molecule has 1 aromatic heterocycles. The first-order chi connectivity index (χ1) is 16.3. The van der Waals surface area contributed by atoms with Crippen molar-refractivity contribution < 1.29 is 22.7 Å². The first-order valence-electron chi connectivity index (χ1n) is 11.2. The van der Waals surface area contributed by atoms with Gasteiger partial charge in [-0.05, 0) is 38.2 Å². The summed E-state index contributed by atoms with van der Waals surface area (Å²) >= 11 is 2.78. The molecule has 34 heavy (non-hydrogen) atoms. The topological polar surface area (TPSA) is 109 Å². The highest BCUT2D eigenvalue weighted by Gasteiger charge is 2.34. The van der Waals surface area contributed by atoms with E-state index in [1.165, 1.54) is 27.4 Å². The van der Waals surface area contributed by atoms with E-state index in [1.807, 2.05) is 12.3 Å². The zero-order valence-electron chi connectivity index (χ0n) is 19.2. The van der Waals surface area contributed by atoms with Crippen molar-refractivity contribution in [1.82, 2.24) is 14.2 Å². The highest BCUT2D eigenvalue weighted by molar-refractivity contribution is 7.99. The number of nitrogens with one attached hydrogen (secondary N) is 1. The van der Waals surface area contributed by atoms with E-state index in [0.717, 1.165) is 15.5 Å². The molecule has 1 N–H and O–H groups in total. The highest BCUT2D eigenvalue weighted by atomic mass is 32.2. The van der Waals surface area contributed by atoms with Gasteiger partial charge in [0.2, 0.25) is 15.9 Å². The molecule has 0 unspecified atom stereocenters. The fourth-order valence-corrected chi connectivity index (χ4v) is 7.78. The Morgan fingerprint density at radius 1 is 1.24 bits per heavy atom. The summed E-state index contributed by atoms with van der Waals surface area (Å²) in [5.41, 5.74) is 0.897. The van der Waals surface area contributed by atoms with Gasteiger partial charge in [-0.1, -0.05) is 23.5 Å². The molecule has 184 valence electrons. The van der Waals surface area contributed by atoms with Crippen LogP contribution in [-0.4, -0.2) is 67.1 Å². The summed E-state index contributed by atoms with van der Waals surface area (Å²) in [6.45, 7) is 3.66. The molecule has 12 heteroatoms. The Morgan fingerprint density at radius 2 is 1.97 bits per heavy atom. The average Bonchev–Trinajstić information content (AvgIpc) is 3.25. The number of piperidine rings is 1. The van der Waals surface area contributed by atoms with Crippen molar-refractivity contribution in [3.8, 4) is 0 Å². The largest absolute Gasteiger partial charge is 0.450 e. The predicted octanol–water partition coefficient (Wildman–Crippen LogP) is 3.42. The van der Waals surface area contributed by atoms with Gasteiger partial charge >= 0.3 is 6.09 Å². The summed E-state index contributed by atoms with van der Waals surface area (Å²) < 4.78 is 32.8. The molecular formula is C22H28N4O5S3. The normalized spacial score (nSPS) is 17.3. The third-order valence-electron chi connectivity index (χ3n) is 6.00. The van der Waals surface area contributed by atoms with Crippen LogP contribution in [0.4, 0.5) is 9.93 Å². The van der Waals surface area contributed by atoms with Gasteiger partial charge in [0, 0.05) is 41.7 Å². The van der Waals surface area contributed by atoms with Gasteiger partial charge in [0.1, 0.15) is 0 Å². The molecule has 3 heterocycles. The van der Waals surface area contributed by atoms with E-state index in [1.54, 1.807) is 30.0 Å². The van der Waals surface area contributed by atoms with Gasteiger partial charge in [-0.3, -0.25) is 4.79 Å². The molecule has 2 aliphatic rings. The maximum Gasteiger partial charge on any atom is 0.410 e. The summed E-state index contributed by atoms with van der Waals surface area (Å²) in [7, 11) is -3.60. The lowest BCUT2D eigenvalue weighted by Gasteiger charge is -2.30. The molecule has 4 rings (SSSR count). The first-order valence-corrected chi connectivity index (χ1v) is 14.7. The molecule has 0 saturated carbocycles. The molecule has 0 atom stereocenters. The molecule has 1 aromatic carbocycles. The van der Waals surface area contributed by atoms with Crippen LogP contribution in [0, 0.1) is 5.92 Å². The van der Waals surface area contributed by atoms with Crippen LogP contribution >= 0.6 is 23.1 Å². The Balaban J connectivity index is 1.35. The Labute approximate surface area is 207 Å². The Bertz CT molecular complexity index is 1160. The van der Waals surface area contributed by atoms with Gasteiger partial charge in [0.05, 0.1) is 23.7 Å². The Morgan fingerprint density at radius 3 is 2.68 bits per heavy atom. The first kappa shape index (κ1) is 25.0. The van der Waals surface area contributed by atoms with Crippen LogP contribution in [0.2, 0.25) is 0 Å². The summed E-state index contributed by atoms with van der Waals surface area (Å²) in [5, 5.41) is 3.42. The molecule has 0 spiro atoms. The number of amides is 2. The third-order valence-corrected chi connectivity index (χ3v) is 9.88. The molecule has 0 aliphatic carbocycles. The molecule has 2 amide bonds. The molecule has 1 saturated heterocycles. The van der Waals surface area contributed by atoms with Gasteiger partial charge in [0.15, 0.2) is 5.13 Å². The number of sulfonamides is 1. The van der Waals surface area contributed by atoms with Crippen molar-refractivity contribution in [2.24, 2.45) is 5.92 Å². The minimum atomic E-state index is -3.60. The van der Waals surface area contributed by atoms with E-state index >= 15 is 0 Å². The molecular weight excluding hydrogens is 496 g/mol. The van der Waals surface area contributed by atoms with Gasteiger partial charge in [-0.15, -0.1) is 11.8 Å². The van der Waals surface area contributed by atoms with Gasteiger partial charge in [0.25, 0.3) is 0 Å². The summed E-state index contributed by atoms with van der Waals surface area (Å²) in [4.78, 5) is 33.0. The Hall–Kier alpha value is -2.15. The summed E-state index contributed by atoms with van der Waals surface area (Å²) in [5.74, 6) is -0.422. The number of rotatable bonds is 6. The lowest BCUT2D eigenvalue weighted by molar-refractivity contribution is -0.120. The summed E-state index contributed by atoms with van der Waals surface area (Å²) in [6, 6.07) is 6.99. The van der Waals surface area contributed by atoms with Gasteiger partial charge in [-0.25, -0.2) is 18.2 Å². The van der Waals surface area contributed by atoms with Gasteiger partial charge < -0.3 is 15.0 Å². The fraction of sp³-hybridized carbons (Fsp3) is 0.500. The summed E-state index contributed by atoms with van der Waals surface area (Å²) in [6.07, 6.45) is 3.04. The number of aromatic nitrogens is 1. The van der Waals surface area contributed by atoms with Crippen molar-refractivity contribution in [2.75, 3.05) is 37.8 Å². The van der Waals surface area contributed by atoms with Gasteiger partial charge in [-0.2, -0.15) is 4.31 Å². The van der Waals surface area contributed by atoms with E-state index in [4.69, 9.17) is 4.74 Å². The predicted molar refractivity (Wildman–Crippen MR) is 132 cm³/mol. The number of nitrogens with zero attached hydrogens (tertiary/aromatic N) is 3. The van der Waals surface area contributed by atoms with E-state index in [9.17, 15) is 18.0 Å². The number of hydrogen-bond donors (Lipinski definition) is 1. The number of hydrogen-bond acceptors (Lipinski definition) is 8. The molecule has 1 fully saturated rings. The highest BCUT2D eigenvalue weighted by Crippen LogP contribution is 2.32. The minimum absolute atomic E-state index is 0.144. The SMILES string of the molecule is CCOC(=O)N1CCc2nc(NC(=O)C3CCN(S(=O)(=O)c4ccccc4SC)CC3)sc2C1. The number of anilines is 1. The van der Waals surface area contributed by atoms with E-state index in [0.29, 0.717) is 62.1 Å². The van der Waals surface area contributed by atoms with Crippen molar-refractivity contribution >= 4 is 50.3 Å². The lowest BCUT2D eigenvalue weighted by Crippen LogP contribution is -2.41. The second-order valence-corrected chi connectivity index (χ2v) is 11.9. The molecule has 9 nitrogen and oxygen atoms in total. The van der Waals surface area contributed by atoms with Crippen molar-refractivity contribution in [3.63, 3.8) is 0 Å². The van der Waals surface area contributed by atoms with Crippen molar-refractivity contribution in [2.45, 2.75) is 42.5 Å². The molecule has 0 bridgehead atoms. The number of carbonyl (C=O) groups is 2. The quantitative estimate of drug-likeness (QED) is 0.577. The number of fused-ring (bicyclic) bond motifs is 1. The van der Waals surface area contributed by atoms with E-state index < -0.39 is 10.0 Å². The van der Waals surface area contributed by atoms with E-state index in [-0.39, 0.29) is 17.9 Å². The van der Waals surface area contributed by atoms with Crippen LogP contribution in [0.1, 0.15) is 30.3 Å². The van der Waals surface area contributed by atoms with Crippen LogP contribution < -0.4 is 5.32 Å². The molecule has 2 aliphatic heterocycles. The fourth-order valence-electron chi connectivity index (χ4n) is 4.16. The van der Waals surface area contributed by atoms with Crippen LogP contribution in [0.15, 0.2) is 34.1 Å². The second kappa shape index (κ2) is 10.6. The van der Waals surface area contributed by atoms with Crippen molar-refractivity contribution in [3.05, 3.63) is 34.8 Å². The average molecular weight is 525 g/mol. The van der Waals surface area contributed by atoms with Crippen LogP contribution in [0.3, 0.4) is 0 Å². The second-order valence-electron chi connectivity index (χ2n) is 8.08. The lowest BCUT2D eigenvalue weighted by atomic mass is 9.97. The number of benzene rings is 1. The van der Waals surface area contributed by atoms with Crippen LogP contribution in [0.5, 0.6) is 0 Å². The zero-order chi connectivity index (χ0) is 24.3. The van der Waals surface area contributed by atoms with E-state index in [2.05, 4.69) is 10.3 Å². The maximum absolute atomic E-state index is 13.1. The van der Waals surface area contributed by atoms with Crippen molar-refractivity contribution in [1.29, 1.82) is 0 Å². The zero-order valence-corrected chi connectivity index (χ0v) is 21.6. The molecule has 0 radical (unpaired) electrons. The number of thiazole rings is 1. The maximum atomic E-state index is 13.1. The smallest absolute Gasteiger partial charge is 0.410 e. The monoisotopic (exact) mass is 524 g/mol. The van der Waals surface area contributed by atoms with Crippen LogP contribution in [-0.2, 0) is 32.5 Å². The minimum Gasteiger partial charge on any atom is -0.450 e. The third kappa shape index (κ3) is 5.24. The Kier molecular flexibility index (Phi) is 7.80. The number of carbonyl (C=O) groups excluding carboxylic acids is 2. The molecule has 2 aromatic rings. The number of thioether (sulfide) groups is 1. The number of ether oxygens (including phenoxy) is 1.